The Morgan fingerprint density at radius 2 is 2.00 bits per heavy atom. The Balaban J connectivity index is 1.84. The fourth-order valence-corrected chi connectivity index (χ4v) is 3.06. The molecule has 0 unspecified atom stereocenters. The molecular weight excluding hydrogens is 422 g/mol. The molecular formula is C19H19BrClNO4. The number of aryl methyl sites for hydroxylation is 1. The second-order valence-electron chi connectivity index (χ2n) is 5.83. The van der Waals surface area contributed by atoms with Crippen LogP contribution in [0.4, 0.5) is 5.69 Å². The predicted octanol–water partition coefficient (Wildman–Crippen LogP) is 5.22. The van der Waals surface area contributed by atoms with Gasteiger partial charge in [-0.3, -0.25) is 4.79 Å². The van der Waals surface area contributed by atoms with Crippen LogP contribution >= 0.6 is 27.5 Å². The maximum absolute atomic E-state index is 12.0. The summed E-state index contributed by atoms with van der Waals surface area (Å²) in [5.41, 5.74) is 2.43. The molecule has 0 aliphatic rings. The first-order valence-corrected chi connectivity index (χ1v) is 9.18. The highest BCUT2D eigenvalue weighted by atomic mass is 79.9. The van der Waals surface area contributed by atoms with Crippen LogP contribution in [0.25, 0.3) is 0 Å². The number of rotatable bonds is 7. The number of benzene rings is 2. The van der Waals surface area contributed by atoms with E-state index in [2.05, 4.69) is 21.2 Å². The van der Waals surface area contributed by atoms with E-state index in [1.165, 1.54) is 12.1 Å². The Kier molecular flexibility index (Phi) is 7.06. The lowest BCUT2D eigenvalue weighted by Gasteiger charge is -2.13. The average Bonchev–Trinajstić information content (AvgIpc) is 2.61. The number of carbonyl (C=O) groups excluding carboxylic acids is 1. The SMILES string of the molecule is Cc1cc(OCCCC(=O)Nc2cccc(C(=O)O)c2)c(Br)c(C)c1Cl. The van der Waals surface area contributed by atoms with Gasteiger partial charge in [-0.15, -0.1) is 0 Å². The smallest absolute Gasteiger partial charge is 0.335 e. The molecule has 0 bridgehead atoms. The van der Waals surface area contributed by atoms with E-state index in [0.717, 1.165) is 15.6 Å². The van der Waals surface area contributed by atoms with E-state index in [1.54, 1.807) is 12.1 Å². The van der Waals surface area contributed by atoms with Gasteiger partial charge in [-0.1, -0.05) is 17.7 Å². The molecule has 0 aliphatic heterocycles. The standard InChI is InChI=1S/C19H19BrClNO4/c1-11-9-15(17(20)12(2)18(11)21)26-8-4-7-16(23)22-14-6-3-5-13(10-14)19(24)25/h3,5-6,9-10H,4,7-8H2,1-2H3,(H,22,23)(H,24,25). The van der Waals surface area contributed by atoms with Crippen molar-refractivity contribution in [1.29, 1.82) is 0 Å². The number of hydrogen-bond acceptors (Lipinski definition) is 3. The van der Waals surface area contributed by atoms with E-state index < -0.39 is 5.97 Å². The number of carboxylic acid groups (broad SMARTS) is 1. The molecule has 1 amide bonds. The van der Waals surface area contributed by atoms with Gasteiger partial charge in [0.05, 0.1) is 16.6 Å². The lowest BCUT2D eigenvalue weighted by molar-refractivity contribution is -0.116. The zero-order chi connectivity index (χ0) is 19.3. The van der Waals surface area contributed by atoms with Crippen molar-refractivity contribution in [2.24, 2.45) is 0 Å². The van der Waals surface area contributed by atoms with Crippen LogP contribution < -0.4 is 10.1 Å². The van der Waals surface area contributed by atoms with Crippen molar-refractivity contribution in [2.45, 2.75) is 26.7 Å². The van der Waals surface area contributed by atoms with Crippen LogP contribution in [0.3, 0.4) is 0 Å². The molecule has 2 aromatic carbocycles. The van der Waals surface area contributed by atoms with Gasteiger partial charge in [-0.05, 0) is 71.6 Å². The summed E-state index contributed by atoms with van der Waals surface area (Å²) in [6.45, 7) is 4.19. The largest absolute Gasteiger partial charge is 0.492 e. The molecule has 2 aromatic rings. The molecule has 2 rings (SSSR count). The van der Waals surface area contributed by atoms with E-state index in [9.17, 15) is 9.59 Å². The van der Waals surface area contributed by atoms with E-state index >= 15 is 0 Å². The molecule has 0 saturated heterocycles. The number of hydrogen-bond donors (Lipinski definition) is 2. The summed E-state index contributed by atoms with van der Waals surface area (Å²) in [5, 5.41) is 12.4. The summed E-state index contributed by atoms with van der Waals surface area (Å²) in [6, 6.07) is 7.99. The molecule has 0 spiro atoms. The van der Waals surface area contributed by atoms with Crippen LogP contribution in [-0.2, 0) is 4.79 Å². The third-order valence-electron chi connectivity index (χ3n) is 3.77. The summed E-state index contributed by atoms with van der Waals surface area (Å²) in [6.07, 6.45) is 0.790. The Labute approximate surface area is 165 Å². The number of aromatic carboxylic acids is 1. The molecule has 0 fully saturated rings. The highest BCUT2D eigenvalue weighted by molar-refractivity contribution is 9.10. The first-order chi connectivity index (χ1) is 12.3. The maximum Gasteiger partial charge on any atom is 0.335 e. The molecule has 0 aliphatic carbocycles. The van der Waals surface area contributed by atoms with Gasteiger partial charge in [0, 0.05) is 17.1 Å². The minimum atomic E-state index is -1.03. The molecule has 0 heterocycles. The van der Waals surface area contributed by atoms with Crippen molar-refractivity contribution in [3.05, 3.63) is 56.5 Å². The summed E-state index contributed by atoms with van der Waals surface area (Å²) < 4.78 is 6.55. The van der Waals surface area contributed by atoms with E-state index in [0.29, 0.717) is 29.5 Å². The van der Waals surface area contributed by atoms with Crippen molar-refractivity contribution >= 4 is 45.1 Å². The Morgan fingerprint density at radius 3 is 2.69 bits per heavy atom. The van der Waals surface area contributed by atoms with Crippen LogP contribution in [-0.4, -0.2) is 23.6 Å². The normalized spacial score (nSPS) is 10.5. The van der Waals surface area contributed by atoms with E-state index in [-0.39, 0.29) is 17.9 Å². The third kappa shape index (κ3) is 5.22. The van der Waals surface area contributed by atoms with Gasteiger partial charge in [0.2, 0.25) is 5.91 Å². The fourth-order valence-electron chi connectivity index (χ4n) is 2.37. The first kappa shape index (κ1) is 20.3. The number of carbonyl (C=O) groups is 2. The second kappa shape index (κ2) is 9.05. The quantitative estimate of drug-likeness (QED) is 0.579. The van der Waals surface area contributed by atoms with Gasteiger partial charge in [0.15, 0.2) is 0 Å². The molecule has 26 heavy (non-hydrogen) atoms. The lowest BCUT2D eigenvalue weighted by atomic mass is 10.1. The minimum absolute atomic E-state index is 0.129. The van der Waals surface area contributed by atoms with Crippen LogP contribution in [0.15, 0.2) is 34.8 Å². The van der Waals surface area contributed by atoms with E-state index in [1.807, 2.05) is 19.9 Å². The molecule has 0 aromatic heterocycles. The summed E-state index contributed by atoms with van der Waals surface area (Å²) in [7, 11) is 0. The second-order valence-corrected chi connectivity index (χ2v) is 7.00. The van der Waals surface area contributed by atoms with Crippen LogP contribution in [0.1, 0.15) is 34.3 Å². The third-order valence-corrected chi connectivity index (χ3v) is 5.33. The van der Waals surface area contributed by atoms with Gasteiger partial charge < -0.3 is 15.2 Å². The lowest BCUT2D eigenvalue weighted by Crippen LogP contribution is -2.13. The van der Waals surface area contributed by atoms with Crippen molar-refractivity contribution in [2.75, 3.05) is 11.9 Å². The molecule has 5 nitrogen and oxygen atoms in total. The van der Waals surface area contributed by atoms with Gasteiger partial charge in [-0.25, -0.2) is 4.79 Å². The minimum Gasteiger partial charge on any atom is -0.492 e. The van der Waals surface area contributed by atoms with Crippen molar-refractivity contribution in [3.63, 3.8) is 0 Å². The highest BCUT2D eigenvalue weighted by Crippen LogP contribution is 2.35. The number of halogens is 2. The molecule has 2 N–H and O–H groups in total. The number of carboxylic acids is 1. The number of ether oxygens (including phenoxy) is 1. The monoisotopic (exact) mass is 439 g/mol. The Morgan fingerprint density at radius 1 is 1.27 bits per heavy atom. The molecule has 0 atom stereocenters. The highest BCUT2D eigenvalue weighted by Gasteiger charge is 2.11. The van der Waals surface area contributed by atoms with E-state index in [4.69, 9.17) is 21.4 Å². The van der Waals surface area contributed by atoms with Crippen LogP contribution in [0.2, 0.25) is 5.02 Å². The first-order valence-electron chi connectivity index (χ1n) is 8.00. The summed E-state index contributed by atoms with van der Waals surface area (Å²) >= 11 is 9.66. The topological polar surface area (TPSA) is 75.6 Å². The van der Waals surface area contributed by atoms with Gasteiger partial charge >= 0.3 is 5.97 Å². The predicted molar refractivity (Wildman–Crippen MR) is 105 cm³/mol. The Bertz CT molecular complexity index is 839. The van der Waals surface area contributed by atoms with Gasteiger partial charge in [0.1, 0.15) is 5.75 Å². The summed E-state index contributed by atoms with van der Waals surface area (Å²) in [4.78, 5) is 22.9. The number of anilines is 1. The van der Waals surface area contributed by atoms with Crippen molar-refractivity contribution in [1.82, 2.24) is 0 Å². The van der Waals surface area contributed by atoms with Crippen molar-refractivity contribution in [3.8, 4) is 5.75 Å². The zero-order valence-corrected chi connectivity index (χ0v) is 16.8. The number of nitrogens with one attached hydrogen (secondary N) is 1. The summed E-state index contributed by atoms with van der Waals surface area (Å²) in [5.74, 6) is -0.536. The molecule has 7 heteroatoms. The van der Waals surface area contributed by atoms with Gasteiger partial charge in [0.25, 0.3) is 0 Å². The average molecular weight is 441 g/mol. The molecule has 138 valence electrons. The molecule has 0 radical (unpaired) electrons. The molecule has 0 saturated carbocycles. The maximum atomic E-state index is 12.0. The zero-order valence-electron chi connectivity index (χ0n) is 14.4. The van der Waals surface area contributed by atoms with Crippen LogP contribution in [0, 0.1) is 13.8 Å². The van der Waals surface area contributed by atoms with Crippen molar-refractivity contribution < 1.29 is 19.4 Å². The van der Waals surface area contributed by atoms with Crippen LogP contribution in [0.5, 0.6) is 5.75 Å². The Hall–Kier alpha value is -2.05. The van der Waals surface area contributed by atoms with Gasteiger partial charge in [-0.2, -0.15) is 0 Å². The number of amides is 1. The fraction of sp³-hybridized carbons (Fsp3) is 0.263.